The molecular weight excluding hydrogens is 206 g/mol. The van der Waals surface area contributed by atoms with Gasteiger partial charge in [0.15, 0.2) is 4.90 Å². The van der Waals surface area contributed by atoms with Crippen molar-refractivity contribution >= 4 is 21.7 Å². The van der Waals surface area contributed by atoms with E-state index in [-0.39, 0.29) is 23.1 Å². The van der Waals surface area contributed by atoms with Gasteiger partial charge in [-0.25, -0.2) is 23.1 Å². The molecule has 8 heteroatoms. The average Bonchev–Trinajstić information content (AvgIpc) is 2.02. The van der Waals surface area contributed by atoms with E-state index in [2.05, 4.69) is 14.7 Å². The lowest BCUT2D eigenvalue weighted by atomic mass is 10.5. The lowest BCUT2D eigenvalue weighted by molar-refractivity contribution is 0.584. The number of hydrogen-bond donors (Lipinski definition) is 3. The van der Waals surface area contributed by atoms with E-state index in [9.17, 15) is 8.42 Å². The number of nitrogens with one attached hydrogen (secondary N) is 1. The first-order valence-electron chi connectivity index (χ1n) is 3.84. The van der Waals surface area contributed by atoms with Crippen molar-refractivity contribution in [3.63, 3.8) is 0 Å². The van der Waals surface area contributed by atoms with Crippen LogP contribution >= 0.6 is 0 Å². The molecule has 78 valence electrons. The lowest BCUT2D eigenvalue weighted by Crippen LogP contribution is -2.25. The van der Waals surface area contributed by atoms with Crippen LogP contribution in [0, 0.1) is 0 Å². The van der Waals surface area contributed by atoms with Gasteiger partial charge in [0.25, 0.3) is 0 Å². The van der Waals surface area contributed by atoms with E-state index < -0.39 is 10.0 Å². The molecule has 0 unspecified atom stereocenters. The summed E-state index contributed by atoms with van der Waals surface area (Å²) in [6.07, 6.45) is 1.11. The largest absolute Gasteiger partial charge is 0.382 e. The van der Waals surface area contributed by atoms with Gasteiger partial charge in [-0.15, -0.1) is 0 Å². The topological polar surface area (TPSA) is 124 Å². The third-order valence-electron chi connectivity index (χ3n) is 1.46. The number of hydrogen-bond acceptors (Lipinski definition) is 6. The Morgan fingerprint density at radius 1 is 1.36 bits per heavy atom. The Hall–Kier alpha value is -1.41. The summed E-state index contributed by atoms with van der Waals surface area (Å²) in [6, 6.07) is 0. The predicted molar refractivity (Wildman–Crippen MR) is 51.7 cm³/mol. The van der Waals surface area contributed by atoms with E-state index in [4.69, 9.17) is 11.5 Å². The maximum Gasteiger partial charge on any atom is 0.247 e. The number of nitrogen functional groups attached to an aromatic ring is 2. The van der Waals surface area contributed by atoms with Crippen LogP contribution in [0.3, 0.4) is 0 Å². The second-order valence-electron chi connectivity index (χ2n) is 2.47. The zero-order chi connectivity index (χ0) is 10.8. The summed E-state index contributed by atoms with van der Waals surface area (Å²) >= 11 is 0. The van der Waals surface area contributed by atoms with Crippen molar-refractivity contribution in [1.29, 1.82) is 0 Å². The first-order valence-corrected chi connectivity index (χ1v) is 5.33. The molecule has 0 saturated heterocycles. The maximum atomic E-state index is 11.5. The van der Waals surface area contributed by atoms with Crippen molar-refractivity contribution < 1.29 is 8.42 Å². The van der Waals surface area contributed by atoms with Crippen molar-refractivity contribution in [3.05, 3.63) is 6.33 Å². The van der Waals surface area contributed by atoms with Gasteiger partial charge in [-0.05, 0) is 0 Å². The van der Waals surface area contributed by atoms with Gasteiger partial charge < -0.3 is 11.5 Å². The Balaban J connectivity index is 3.32. The zero-order valence-corrected chi connectivity index (χ0v) is 8.37. The molecule has 0 aliphatic heterocycles. The molecule has 0 atom stereocenters. The molecule has 1 aromatic heterocycles. The highest BCUT2D eigenvalue weighted by atomic mass is 32.2. The minimum absolute atomic E-state index is 0.154. The van der Waals surface area contributed by atoms with Gasteiger partial charge in [-0.1, -0.05) is 6.92 Å². The molecule has 0 radical (unpaired) electrons. The van der Waals surface area contributed by atoms with Crippen LogP contribution in [0.1, 0.15) is 6.92 Å². The van der Waals surface area contributed by atoms with Gasteiger partial charge in [-0.3, -0.25) is 0 Å². The SMILES string of the molecule is CCNS(=O)(=O)c1c(N)ncnc1N. The number of rotatable bonds is 3. The molecule has 0 spiro atoms. The summed E-state index contributed by atoms with van der Waals surface area (Å²) in [5, 5.41) is 0. The van der Waals surface area contributed by atoms with Gasteiger partial charge in [0.1, 0.15) is 18.0 Å². The van der Waals surface area contributed by atoms with Crippen molar-refractivity contribution in [2.45, 2.75) is 11.8 Å². The molecule has 0 aliphatic carbocycles. The van der Waals surface area contributed by atoms with Crippen molar-refractivity contribution in [3.8, 4) is 0 Å². The second kappa shape index (κ2) is 3.76. The number of sulfonamides is 1. The lowest BCUT2D eigenvalue weighted by Gasteiger charge is -2.07. The molecule has 0 fully saturated rings. The highest BCUT2D eigenvalue weighted by Crippen LogP contribution is 2.19. The van der Waals surface area contributed by atoms with E-state index in [0.29, 0.717) is 0 Å². The fourth-order valence-electron chi connectivity index (χ4n) is 0.939. The van der Waals surface area contributed by atoms with Crippen molar-refractivity contribution in [2.24, 2.45) is 0 Å². The number of nitrogens with zero attached hydrogens (tertiary/aromatic N) is 2. The summed E-state index contributed by atoms with van der Waals surface area (Å²) in [7, 11) is -3.70. The first-order chi connectivity index (χ1) is 6.49. The molecule has 0 amide bonds. The quantitative estimate of drug-likeness (QED) is 0.592. The summed E-state index contributed by atoms with van der Waals surface area (Å²) in [5.41, 5.74) is 10.8. The Labute approximate surface area is 81.6 Å². The van der Waals surface area contributed by atoms with Crippen LogP contribution in [0.15, 0.2) is 11.2 Å². The van der Waals surface area contributed by atoms with Crippen LogP contribution in [0.4, 0.5) is 11.6 Å². The van der Waals surface area contributed by atoms with E-state index >= 15 is 0 Å². The summed E-state index contributed by atoms with van der Waals surface area (Å²) < 4.78 is 25.3. The van der Waals surface area contributed by atoms with Crippen LogP contribution < -0.4 is 16.2 Å². The first kappa shape index (κ1) is 10.7. The summed E-state index contributed by atoms with van der Waals surface area (Å²) in [4.78, 5) is 6.85. The van der Waals surface area contributed by atoms with Gasteiger partial charge in [0.2, 0.25) is 10.0 Å². The second-order valence-corrected chi connectivity index (χ2v) is 4.18. The van der Waals surface area contributed by atoms with Gasteiger partial charge >= 0.3 is 0 Å². The highest BCUT2D eigenvalue weighted by molar-refractivity contribution is 7.89. The van der Waals surface area contributed by atoms with Crippen LogP contribution in [0.2, 0.25) is 0 Å². The summed E-state index contributed by atoms with van der Waals surface area (Å²) in [6.45, 7) is 1.89. The van der Waals surface area contributed by atoms with Crippen LogP contribution in [-0.4, -0.2) is 24.9 Å². The number of anilines is 2. The van der Waals surface area contributed by atoms with Gasteiger partial charge in [0.05, 0.1) is 0 Å². The van der Waals surface area contributed by atoms with E-state index in [1.54, 1.807) is 6.92 Å². The minimum Gasteiger partial charge on any atom is -0.382 e. The summed E-state index contributed by atoms with van der Waals surface area (Å²) in [5.74, 6) is -0.308. The third kappa shape index (κ3) is 1.91. The van der Waals surface area contributed by atoms with Gasteiger partial charge in [-0.2, -0.15) is 0 Å². The smallest absolute Gasteiger partial charge is 0.247 e. The maximum absolute atomic E-state index is 11.5. The fourth-order valence-corrected chi connectivity index (χ4v) is 2.12. The minimum atomic E-state index is -3.70. The number of nitrogens with two attached hydrogens (primary N) is 2. The molecule has 0 aromatic carbocycles. The normalized spacial score (nSPS) is 11.5. The van der Waals surface area contributed by atoms with Crippen LogP contribution in [0.5, 0.6) is 0 Å². The zero-order valence-electron chi connectivity index (χ0n) is 7.56. The van der Waals surface area contributed by atoms with Gasteiger partial charge in [0, 0.05) is 6.54 Å². The van der Waals surface area contributed by atoms with E-state index in [0.717, 1.165) is 6.33 Å². The molecule has 0 saturated carbocycles. The van der Waals surface area contributed by atoms with Crippen LogP contribution in [0.25, 0.3) is 0 Å². The molecule has 14 heavy (non-hydrogen) atoms. The highest BCUT2D eigenvalue weighted by Gasteiger charge is 2.21. The Morgan fingerprint density at radius 2 is 1.86 bits per heavy atom. The molecule has 1 heterocycles. The molecular formula is C6H11N5O2S. The Morgan fingerprint density at radius 3 is 2.29 bits per heavy atom. The molecule has 5 N–H and O–H groups in total. The van der Waals surface area contributed by atoms with Crippen molar-refractivity contribution in [1.82, 2.24) is 14.7 Å². The molecule has 1 rings (SSSR count). The monoisotopic (exact) mass is 217 g/mol. The molecule has 7 nitrogen and oxygen atoms in total. The van der Waals surface area contributed by atoms with Crippen molar-refractivity contribution in [2.75, 3.05) is 18.0 Å². The Kier molecular flexibility index (Phi) is 2.87. The Bertz CT molecular complexity index is 410. The predicted octanol–water partition coefficient (Wildman–Crippen LogP) is -1.06. The van der Waals surface area contributed by atoms with Crippen LogP contribution in [-0.2, 0) is 10.0 Å². The molecule has 1 aromatic rings. The van der Waals surface area contributed by atoms with E-state index in [1.165, 1.54) is 0 Å². The average molecular weight is 217 g/mol. The molecule has 0 aliphatic rings. The third-order valence-corrected chi connectivity index (χ3v) is 3.09. The fraction of sp³-hybridized carbons (Fsp3) is 0.333. The number of aromatic nitrogens is 2. The van der Waals surface area contributed by atoms with E-state index in [1.807, 2.05) is 0 Å². The molecule has 0 bridgehead atoms. The standard InChI is InChI=1S/C6H11N5O2S/c1-2-11-14(12,13)4-5(7)9-3-10-6(4)8/h3,11H,2H2,1H3,(H4,7,8,9,10).